The average Bonchev–Trinajstić information content (AvgIpc) is 2.81. The number of fused-ring (bicyclic) bond motifs is 1. The van der Waals surface area contributed by atoms with Crippen molar-refractivity contribution in [2.75, 3.05) is 5.43 Å². The van der Waals surface area contributed by atoms with Gasteiger partial charge in [0, 0.05) is 17.0 Å². The standard InChI is InChI=1S/C25H24N4O2/c1-3-21(18-11-5-4-6-12-18)27-24(30)23-17(2)29(28-22-15-9-10-16-26-22)25(31)20-14-8-7-13-19(20)23/h4-16,21H,3H2,1-2H3,(H,26,28)(H,27,30)/t21-/m0/s1. The van der Waals surface area contributed by atoms with Crippen LogP contribution in [0.2, 0.25) is 0 Å². The van der Waals surface area contributed by atoms with Crippen LogP contribution in [0.15, 0.2) is 83.8 Å². The molecule has 1 amide bonds. The Bertz CT molecular complexity index is 1270. The zero-order chi connectivity index (χ0) is 21.8. The van der Waals surface area contributed by atoms with Crippen LogP contribution >= 0.6 is 0 Å². The third kappa shape index (κ3) is 4.05. The van der Waals surface area contributed by atoms with Crippen LogP contribution < -0.4 is 16.3 Å². The topological polar surface area (TPSA) is 76.0 Å². The van der Waals surface area contributed by atoms with Gasteiger partial charge in [-0.1, -0.05) is 61.5 Å². The van der Waals surface area contributed by atoms with Crippen molar-refractivity contribution in [1.29, 1.82) is 0 Å². The maximum Gasteiger partial charge on any atom is 0.277 e. The van der Waals surface area contributed by atoms with Crippen molar-refractivity contribution in [1.82, 2.24) is 15.0 Å². The molecule has 0 unspecified atom stereocenters. The first-order chi connectivity index (χ1) is 15.1. The Balaban J connectivity index is 1.81. The third-order valence-electron chi connectivity index (χ3n) is 5.36. The number of pyridine rings is 2. The highest BCUT2D eigenvalue weighted by atomic mass is 16.2. The lowest BCUT2D eigenvalue weighted by molar-refractivity contribution is 0.0936. The molecule has 0 radical (unpaired) electrons. The smallest absolute Gasteiger partial charge is 0.277 e. The summed E-state index contributed by atoms with van der Waals surface area (Å²) in [5.74, 6) is 0.297. The lowest BCUT2D eigenvalue weighted by atomic mass is 10.0. The van der Waals surface area contributed by atoms with E-state index in [0.717, 1.165) is 12.0 Å². The predicted molar refractivity (Wildman–Crippen MR) is 123 cm³/mol. The molecule has 4 rings (SSSR count). The summed E-state index contributed by atoms with van der Waals surface area (Å²) in [7, 11) is 0. The molecule has 0 bridgehead atoms. The average molecular weight is 412 g/mol. The highest BCUT2D eigenvalue weighted by Crippen LogP contribution is 2.22. The molecule has 0 spiro atoms. The monoisotopic (exact) mass is 412 g/mol. The summed E-state index contributed by atoms with van der Waals surface area (Å²) in [6.07, 6.45) is 2.39. The molecule has 0 aliphatic heterocycles. The first kappa shape index (κ1) is 20.3. The van der Waals surface area contributed by atoms with Gasteiger partial charge in [0.15, 0.2) is 0 Å². The zero-order valence-electron chi connectivity index (χ0n) is 17.5. The van der Waals surface area contributed by atoms with Crippen LogP contribution in [0.5, 0.6) is 0 Å². The van der Waals surface area contributed by atoms with E-state index in [1.54, 1.807) is 37.4 Å². The molecule has 0 aliphatic carbocycles. The van der Waals surface area contributed by atoms with Gasteiger partial charge in [0.1, 0.15) is 5.82 Å². The number of benzene rings is 2. The van der Waals surface area contributed by atoms with Gasteiger partial charge in [0.25, 0.3) is 11.5 Å². The minimum absolute atomic E-state index is 0.129. The van der Waals surface area contributed by atoms with Gasteiger partial charge < -0.3 is 5.32 Å². The van der Waals surface area contributed by atoms with Crippen molar-refractivity contribution in [3.63, 3.8) is 0 Å². The molecule has 0 fully saturated rings. The number of hydrogen-bond acceptors (Lipinski definition) is 4. The van der Waals surface area contributed by atoms with Crippen molar-refractivity contribution in [2.45, 2.75) is 26.3 Å². The van der Waals surface area contributed by atoms with Gasteiger partial charge in [-0.15, -0.1) is 0 Å². The highest BCUT2D eigenvalue weighted by molar-refractivity contribution is 6.07. The molecule has 2 aromatic carbocycles. The SMILES string of the molecule is CC[C@H](NC(=O)c1c(C)n(Nc2ccccn2)c(=O)c2ccccc12)c1ccccc1. The number of rotatable bonds is 6. The number of hydrogen-bond donors (Lipinski definition) is 2. The number of nitrogens with zero attached hydrogens (tertiary/aromatic N) is 2. The fourth-order valence-corrected chi connectivity index (χ4v) is 3.77. The summed E-state index contributed by atoms with van der Waals surface area (Å²) in [6.45, 7) is 3.80. The molecule has 31 heavy (non-hydrogen) atoms. The van der Waals surface area contributed by atoms with Gasteiger partial charge in [-0.3, -0.25) is 15.0 Å². The van der Waals surface area contributed by atoms with Gasteiger partial charge in [-0.05, 0) is 37.1 Å². The second kappa shape index (κ2) is 8.83. The molecule has 2 heterocycles. The van der Waals surface area contributed by atoms with E-state index in [1.165, 1.54) is 4.68 Å². The largest absolute Gasteiger partial charge is 0.345 e. The third-order valence-corrected chi connectivity index (χ3v) is 5.36. The molecule has 0 aliphatic rings. The van der Waals surface area contributed by atoms with Gasteiger partial charge in [-0.2, -0.15) is 0 Å². The van der Waals surface area contributed by atoms with Crippen molar-refractivity contribution in [2.24, 2.45) is 0 Å². The van der Waals surface area contributed by atoms with E-state index in [-0.39, 0.29) is 17.5 Å². The summed E-state index contributed by atoms with van der Waals surface area (Å²) in [5.41, 5.74) is 4.84. The van der Waals surface area contributed by atoms with Crippen LogP contribution in [0, 0.1) is 6.92 Å². The molecule has 0 saturated carbocycles. The van der Waals surface area contributed by atoms with Gasteiger partial charge >= 0.3 is 0 Å². The quantitative estimate of drug-likeness (QED) is 0.490. The van der Waals surface area contributed by atoms with E-state index in [0.29, 0.717) is 27.8 Å². The Kier molecular flexibility index (Phi) is 5.80. The molecule has 156 valence electrons. The molecule has 2 aromatic heterocycles. The first-order valence-electron chi connectivity index (χ1n) is 10.3. The molecule has 1 atom stereocenters. The Labute approximate surface area is 180 Å². The lowest BCUT2D eigenvalue weighted by Gasteiger charge is -2.21. The molecule has 0 saturated heterocycles. The van der Waals surface area contributed by atoms with Crippen LogP contribution in [0.25, 0.3) is 10.8 Å². The van der Waals surface area contributed by atoms with Crippen molar-refractivity contribution in [3.05, 3.63) is 106 Å². The van der Waals surface area contributed by atoms with Gasteiger partial charge in [0.2, 0.25) is 0 Å². The zero-order valence-corrected chi connectivity index (χ0v) is 17.5. The highest BCUT2D eigenvalue weighted by Gasteiger charge is 2.22. The van der Waals surface area contributed by atoms with E-state index in [2.05, 4.69) is 15.7 Å². The Morgan fingerprint density at radius 3 is 2.32 bits per heavy atom. The number of amides is 1. The normalized spacial score (nSPS) is 11.8. The molecule has 2 N–H and O–H groups in total. The van der Waals surface area contributed by atoms with E-state index in [4.69, 9.17) is 0 Å². The summed E-state index contributed by atoms with van der Waals surface area (Å²) in [5, 5.41) is 4.24. The number of anilines is 1. The number of aromatic nitrogens is 2. The molecule has 4 aromatic rings. The van der Waals surface area contributed by atoms with Crippen LogP contribution in [0.3, 0.4) is 0 Å². The summed E-state index contributed by atoms with van der Waals surface area (Å²) < 4.78 is 1.39. The summed E-state index contributed by atoms with van der Waals surface area (Å²) in [4.78, 5) is 30.9. The maximum atomic E-state index is 13.5. The van der Waals surface area contributed by atoms with Crippen molar-refractivity contribution < 1.29 is 4.79 Å². The van der Waals surface area contributed by atoms with E-state index in [1.807, 2.05) is 55.5 Å². The maximum absolute atomic E-state index is 13.5. The predicted octanol–water partition coefficient (Wildman–Crippen LogP) is 4.46. The molecule has 6 nitrogen and oxygen atoms in total. The van der Waals surface area contributed by atoms with Gasteiger partial charge in [-0.25, -0.2) is 9.66 Å². The fraction of sp³-hybridized carbons (Fsp3) is 0.160. The van der Waals surface area contributed by atoms with E-state index in [9.17, 15) is 9.59 Å². The minimum atomic E-state index is -0.231. The van der Waals surface area contributed by atoms with E-state index >= 15 is 0 Å². The van der Waals surface area contributed by atoms with Crippen molar-refractivity contribution in [3.8, 4) is 0 Å². The van der Waals surface area contributed by atoms with Crippen LogP contribution in [0.4, 0.5) is 5.82 Å². The Morgan fingerprint density at radius 1 is 0.968 bits per heavy atom. The first-order valence-corrected chi connectivity index (χ1v) is 10.3. The second-order valence-corrected chi connectivity index (χ2v) is 7.32. The molecule has 6 heteroatoms. The number of carbonyl (C=O) groups is 1. The number of carbonyl (C=O) groups excluding carboxylic acids is 1. The van der Waals surface area contributed by atoms with Gasteiger partial charge in [0.05, 0.1) is 17.3 Å². The van der Waals surface area contributed by atoms with Crippen molar-refractivity contribution >= 4 is 22.5 Å². The summed E-state index contributed by atoms with van der Waals surface area (Å²) in [6, 6.07) is 22.3. The molecular formula is C25H24N4O2. The number of nitrogens with one attached hydrogen (secondary N) is 2. The molecular weight excluding hydrogens is 388 g/mol. The Morgan fingerprint density at radius 2 is 1.65 bits per heavy atom. The Hall–Kier alpha value is -3.93. The summed E-state index contributed by atoms with van der Waals surface area (Å²) >= 11 is 0. The van der Waals surface area contributed by atoms with Crippen LogP contribution in [0.1, 0.15) is 41.0 Å². The van der Waals surface area contributed by atoms with Crippen LogP contribution in [-0.2, 0) is 0 Å². The minimum Gasteiger partial charge on any atom is -0.345 e. The van der Waals surface area contributed by atoms with E-state index < -0.39 is 0 Å². The fourth-order valence-electron chi connectivity index (χ4n) is 3.77. The van der Waals surface area contributed by atoms with Crippen LogP contribution in [-0.4, -0.2) is 15.6 Å². The lowest BCUT2D eigenvalue weighted by Crippen LogP contribution is -2.34. The second-order valence-electron chi connectivity index (χ2n) is 7.32.